The first kappa shape index (κ1) is 22.6. The van der Waals surface area contributed by atoms with Crippen LogP contribution < -0.4 is 20.9 Å². The zero-order chi connectivity index (χ0) is 23.6. The van der Waals surface area contributed by atoms with E-state index in [0.29, 0.717) is 16.2 Å². The molecule has 170 valence electrons. The Balaban J connectivity index is 1.38. The first-order valence-corrected chi connectivity index (χ1v) is 10.6. The maximum absolute atomic E-state index is 12.6. The number of ether oxygens (including phenoxy) is 1. The quantitative estimate of drug-likeness (QED) is 0.298. The van der Waals surface area contributed by atoms with E-state index in [9.17, 15) is 22.8 Å². The molecule has 0 amide bonds. The van der Waals surface area contributed by atoms with E-state index in [1.807, 2.05) is 24.3 Å². The molecule has 0 atom stereocenters. The highest BCUT2D eigenvalue weighted by molar-refractivity contribution is 7.98. The minimum Gasteiger partial charge on any atom is -0.497 e. The molecule has 0 fully saturated rings. The molecule has 0 aliphatic carbocycles. The first-order valence-electron chi connectivity index (χ1n) is 9.59. The molecule has 33 heavy (non-hydrogen) atoms. The van der Waals surface area contributed by atoms with Gasteiger partial charge in [-0.2, -0.15) is 18.2 Å². The minimum absolute atomic E-state index is 0.179. The van der Waals surface area contributed by atoms with Gasteiger partial charge >= 0.3 is 12.1 Å². The summed E-state index contributed by atoms with van der Waals surface area (Å²) in [6, 6.07) is 13.8. The van der Waals surface area contributed by atoms with Crippen molar-refractivity contribution in [2.24, 2.45) is 0 Å². The molecule has 0 radical (unpaired) electrons. The minimum atomic E-state index is -4.71. The normalized spacial score (nSPS) is 11.6. The summed E-state index contributed by atoms with van der Waals surface area (Å²) < 4.78 is 47.2. The van der Waals surface area contributed by atoms with Crippen molar-refractivity contribution in [1.82, 2.24) is 10.1 Å². The Morgan fingerprint density at radius 2 is 1.67 bits per heavy atom. The van der Waals surface area contributed by atoms with Crippen molar-refractivity contribution in [2.45, 2.75) is 23.4 Å². The van der Waals surface area contributed by atoms with Crippen molar-refractivity contribution in [3.63, 3.8) is 0 Å². The number of nitrogens with zero attached hydrogens (tertiary/aromatic N) is 2. The lowest BCUT2D eigenvalue weighted by molar-refractivity contribution is -0.159. The van der Waals surface area contributed by atoms with Gasteiger partial charge < -0.3 is 14.6 Å². The molecular weight excluding hydrogens is 459 g/mol. The fourth-order valence-electron chi connectivity index (χ4n) is 2.96. The average molecular weight is 475 g/mol. The molecule has 0 unspecified atom stereocenters. The van der Waals surface area contributed by atoms with Gasteiger partial charge in [0, 0.05) is 17.9 Å². The zero-order valence-corrected chi connectivity index (χ0v) is 17.9. The summed E-state index contributed by atoms with van der Waals surface area (Å²) in [6.45, 7) is 0.251. The number of aromatic nitrogens is 2. The van der Waals surface area contributed by atoms with Crippen molar-refractivity contribution in [1.29, 1.82) is 0 Å². The highest BCUT2D eigenvalue weighted by Crippen LogP contribution is 2.30. The highest BCUT2D eigenvalue weighted by Gasteiger charge is 2.38. The van der Waals surface area contributed by atoms with Gasteiger partial charge in [0.2, 0.25) is 11.3 Å². The zero-order valence-electron chi connectivity index (χ0n) is 17.1. The summed E-state index contributed by atoms with van der Waals surface area (Å²) in [5.41, 5.74) is 1.24. The Labute approximate surface area is 189 Å². The Bertz CT molecular complexity index is 1330. The molecule has 0 bridgehead atoms. The third kappa shape index (κ3) is 4.92. The first-order chi connectivity index (χ1) is 15.8. The van der Waals surface area contributed by atoms with Crippen molar-refractivity contribution in [3.8, 4) is 17.1 Å². The van der Waals surface area contributed by atoms with Gasteiger partial charge in [0.25, 0.3) is 5.43 Å². The Hall–Kier alpha value is -3.60. The fourth-order valence-corrected chi connectivity index (χ4v) is 4.00. The van der Waals surface area contributed by atoms with Crippen LogP contribution in [0.25, 0.3) is 11.4 Å². The number of anilines is 1. The number of nitrogens with one attached hydrogen (secondary N) is 1. The van der Waals surface area contributed by atoms with Gasteiger partial charge in [0.1, 0.15) is 11.4 Å². The third-order valence-corrected chi connectivity index (χ3v) is 5.91. The van der Waals surface area contributed by atoms with Gasteiger partial charge in [-0.1, -0.05) is 41.6 Å². The maximum Gasteiger partial charge on any atom is 0.471 e. The van der Waals surface area contributed by atoms with Crippen molar-refractivity contribution in [2.75, 3.05) is 12.4 Å². The van der Waals surface area contributed by atoms with E-state index in [2.05, 4.69) is 20.0 Å². The summed E-state index contributed by atoms with van der Waals surface area (Å²) in [5.74, 6) is -0.348. The van der Waals surface area contributed by atoms with Crippen LogP contribution in [-0.4, -0.2) is 17.3 Å². The fraction of sp³-hybridized carbons (Fsp3) is 0.182. The number of methoxy groups -OCH3 is 1. The van der Waals surface area contributed by atoms with Crippen LogP contribution in [0.2, 0.25) is 0 Å². The Morgan fingerprint density at radius 3 is 2.27 bits per heavy atom. The van der Waals surface area contributed by atoms with E-state index in [0.717, 1.165) is 16.9 Å². The number of halogens is 3. The van der Waals surface area contributed by atoms with E-state index in [1.165, 1.54) is 11.8 Å². The van der Waals surface area contributed by atoms with E-state index in [4.69, 9.17) is 4.74 Å². The van der Waals surface area contributed by atoms with E-state index in [1.54, 1.807) is 31.4 Å². The molecular formula is C22H16F3N3O4S. The summed E-state index contributed by atoms with van der Waals surface area (Å²) in [7, 11) is 1.58. The SMILES string of the molecule is COc1ccc(CSc2c(NCc3ccc(-c4noc(C(F)(F)F)n4)cc3)c(=O)c2=O)cc1. The molecule has 1 N–H and O–H groups in total. The van der Waals surface area contributed by atoms with Crippen molar-refractivity contribution < 1.29 is 22.4 Å². The van der Waals surface area contributed by atoms with Crippen LogP contribution in [0, 0.1) is 0 Å². The molecule has 0 aliphatic rings. The predicted octanol–water partition coefficient (Wildman–Crippen LogP) is 4.26. The molecule has 1 aromatic heterocycles. The third-order valence-electron chi connectivity index (χ3n) is 4.76. The molecule has 0 saturated heterocycles. The molecule has 0 aliphatic heterocycles. The topological polar surface area (TPSA) is 94.3 Å². The molecule has 3 aromatic carbocycles. The number of hydrogen-bond donors (Lipinski definition) is 1. The largest absolute Gasteiger partial charge is 0.497 e. The van der Waals surface area contributed by atoms with Gasteiger partial charge in [0.15, 0.2) is 0 Å². The van der Waals surface area contributed by atoms with Gasteiger partial charge in [-0.3, -0.25) is 9.59 Å². The molecule has 4 aromatic rings. The van der Waals surface area contributed by atoms with Gasteiger partial charge in [-0.25, -0.2) is 0 Å². The average Bonchev–Trinajstić information content (AvgIpc) is 3.32. The van der Waals surface area contributed by atoms with Crippen LogP contribution in [0.5, 0.6) is 5.75 Å². The lowest BCUT2D eigenvalue weighted by Crippen LogP contribution is -2.36. The Kier molecular flexibility index (Phi) is 6.23. The molecule has 7 nitrogen and oxygen atoms in total. The maximum atomic E-state index is 12.6. The van der Waals surface area contributed by atoms with Gasteiger partial charge in [-0.05, 0) is 23.3 Å². The summed E-state index contributed by atoms with van der Waals surface area (Å²) in [6.07, 6.45) is -4.71. The van der Waals surface area contributed by atoms with Crippen LogP contribution in [-0.2, 0) is 18.5 Å². The summed E-state index contributed by atoms with van der Waals surface area (Å²) in [4.78, 5) is 27.7. The standard InChI is InChI=1S/C22H16F3N3O4S/c1-31-15-8-4-13(5-9-15)11-33-19-16(17(29)18(19)30)26-10-12-2-6-14(7-3-12)20-27-21(32-28-20)22(23,24)25/h2-9,26H,10-11H2,1H3. The predicted molar refractivity (Wildman–Crippen MR) is 116 cm³/mol. The molecule has 4 rings (SSSR count). The van der Waals surface area contributed by atoms with Crippen LogP contribution >= 0.6 is 11.8 Å². The molecule has 11 heteroatoms. The van der Waals surface area contributed by atoms with Crippen LogP contribution in [0.1, 0.15) is 17.0 Å². The summed E-state index contributed by atoms with van der Waals surface area (Å²) in [5, 5.41) is 6.31. The van der Waals surface area contributed by atoms with Gasteiger partial charge in [-0.15, -0.1) is 11.8 Å². The van der Waals surface area contributed by atoms with Crippen LogP contribution in [0.15, 0.2) is 67.5 Å². The number of thioether (sulfide) groups is 1. The smallest absolute Gasteiger partial charge is 0.471 e. The second-order valence-corrected chi connectivity index (χ2v) is 7.96. The number of rotatable bonds is 8. The molecule has 0 spiro atoms. The number of hydrogen-bond acceptors (Lipinski definition) is 8. The van der Waals surface area contributed by atoms with Crippen LogP contribution in [0.3, 0.4) is 0 Å². The lowest BCUT2D eigenvalue weighted by Gasteiger charge is -2.13. The van der Waals surface area contributed by atoms with E-state index >= 15 is 0 Å². The second-order valence-electron chi connectivity index (χ2n) is 6.97. The lowest BCUT2D eigenvalue weighted by atomic mass is 10.1. The van der Waals surface area contributed by atoms with Crippen LogP contribution in [0.4, 0.5) is 18.9 Å². The number of alkyl halides is 3. The second kappa shape index (κ2) is 9.10. The Morgan fingerprint density at radius 1 is 1.00 bits per heavy atom. The number of benzene rings is 2. The monoisotopic (exact) mass is 475 g/mol. The van der Waals surface area contributed by atoms with E-state index < -0.39 is 22.9 Å². The van der Waals surface area contributed by atoms with Crippen molar-refractivity contribution >= 4 is 17.4 Å². The summed E-state index contributed by atoms with van der Waals surface area (Å²) >= 11 is 1.28. The molecule has 1 heterocycles. The van der Waals surface area contributed by atoms with Crippen molar-refractivity contribution in [3.05, 3.63) is 86.0 Å². The van der Waals surface area contributed by atoms with E-state index in [-0.39, 0.29) is 18.1 Å². The van der Waals surface area contributed by atoms with Gasteiger partial charge in [0.05, 0.1) is 12.0 Å². The molecule has 0 saturated carbocycles. The highest BCUT2D eigenvalue weighted by atomic mass is 32.2.